The fraction of sp³-hybridized carbons (Fsp3) is 0.400. The Labute approximate surface area is 101 Å². The number of benzene rings is 1. The minimum Gasteiger partial charge on any atom is -0.497 e. The minimum absolute atomic E-state index is 0.238. The van der Waals surface area contributed by atoms with E-state index < -0.39 is 0 Å². The van der Waals surface area contributed by atoms with Crippen LogP contribution in [0.1, 0.15) is 18.9 Å². The first-order chi connectivity index (χ1) is 8.17. The van der Waals surface area contributed by atoms with E-state index in [4.69, 9.17) is 4.74 Å². The highest BCUT2D eigenvalue weighted by Crippen LogP contribution is 2.54. The zero-order valence-corrected chi connectivity index (χ0v) is 10.1. The molecule has 0 bridgehead atoms. The third-order valence-corrected chi connectivity index (χ3v) is 4.37. The molecule has 2 heteroatoms. The van der Waals surface area contributed by atoms with E-state index >= 15 is 0 Å². The van der Waals surface area contributed by atoms with Crippen molar-refractivity contribution in [1.82, 2.24) is 0 Å². The Morgan fingerprint density at radius 2 is 2.00 bits per heavy atom. The van der Waals surface area contributed by atoms with Gasteiger partial charge in [-0.15, -0.1) is 0 Å². The van der Waals surface area contributed by atoms with Gasteiger partial charge in [-0.3, -0.25) is 4.79 Å². The number of Topliss-reactive ketones (excluding diaryl/α,β-unsaturated/α-hetero) is 1. The molecular formula is C15H16O2. The Hall–Kier alpha value is -1.57. The predicted molar refractivity (Wildman–Crippen MR) is 66.1 cm³/mol. The van der Waals surface area contributed by atoms with E-state index in [9.17, 15) is 4.79 Å². The molecular weight excluding hydrogens is 212 g/mol. The van der Waals surface area contributed by atoms with Crippen molar-refractivity contribution in [1.29, 1.82) is 0 Å². The van der Waals surface area contributed by atoms with Crippen LogP contribution < -0.4 is 4.74 Å². The van der Waals surface area contributed by atoms with Gasteiger partial charge >= 0.3 is 0 Å². The molecule has 1 saturated carbocycles. The van der Waals surface area contributed by atoms with Gasteiger partial charge in [0.25, 0.3) is 0 Å². The minimum atomic E-state index is -0.316. The Morgan fingerprint density at radius 1 is 1.29 bits per heavy atom. The number of hydrogen-bond donors (Lipinski definition) is 0. The maximum Gasteiger partial charge on any atom is 0.147 e. The van der Waals surface area contributed by atoms with Gasteiger partial charge in [0, 0.05) is 11.8 Å². The Bertz CT molecular complexity index is 486. The monoisotopic (exact) mass is 228 g/mol. The van der Waals surface area contributed by atoms with Crippen LogP contribution in [0.25, 0.3) is 0 Å². The zero-order valence-electron chi connectivity index (χ0n) is 10.1. The highest BCUT2D eigenvalue weighted by Gasteiger charge is 2.59. The molecule has 0 unspecified atom stereocenters. The summed E-state index contributed by atoms with van der Waals surface area (Å²) in [4.78, 5) is 12.2. The SMILES string of the molecule is COc1ccc([C@@]2(C)C(=O)[C@H]3CC=C[C@H]32)cc1. The van der Waals surface area contributed by atoms with Crippen molar-refractivity contribution in [3.8, 4) is 5.75 Å². The summed E-state index contributed by atoms with van der Waals surface area (Å²) in [6.45, 7) is 2.06. The number of methoxy groups -OCH3 is 1. The third kappa shape index (κ3) is 1.24. The van der Waals surface area contributed by atoms with E-state index in [1.54, 1.807) is 7.11 Å². The van der Waals surface area contributed by atoms with Crippen molar-refractivity contribution in [3.05, 3.63) is 42.0 Å². The van der Waals surface area contributed by atoms with Crippen LogP contribution in [0.5, 0.6) is 5.75 Å². The van der Waals surface area contributed by atoms with Crippen LogP contribution in [-0.2, 0) is 10.2 Å². The summed E-state index contributed by atoms with van der Waals surface area (Å²) in [5.41, 5.74) is 0.792. The van der Waals surface area contributed by atoms with Crippen LogP contribution in [0.2, 0.25) is 0 Å². The predicted octanol–water partition coefficient (Wildman–Crippen LogP) is 2.73. The Balaban J connectivity index is 1.97. The number of fused-ring (bicyclic) bond motifs is 1. The number of ketones is 1. The topological polar surface area (TPSA) is 26.3 Å². The van der Waals surface area contributed by atoms with Gasteiger partial charge in [0.2, 0.25) is 0 Å². The third-order valence-electron chi connectivity index (χ3n) is 4.37. The lowest BCUT2D eigenvalue weighted by Gasteiger charge is -2.48. The number of allylic oxidation sites excluding steroid dienone is 2. The van der Waals surface area contributed by atoms with Gasteiger partial charge in [-0.05, 0) is 31.0 Å². The molecule has 1 fully saturated rings. The average molecular weight is 228 g/mol. The Kier molecular flexibility index (Phi) is 2.15. The van der Waals surface area contributed by atoms with Crippen LogP contribution in [0.15, 0.2) is 36.4 Å². The van der Waals surface area contributed by atoms with Crippen molar-refractivity contribution in [3.63, 3.8) is 0 Å². The van der Waals surface area contributed by atoms with Crippen molar-refractivity contribution >= 4 is 5.78 Å². The van der Waals surface area contributed by atoms with E-state index in [-0.39, 0.29) is 11.3 Å². The highest BCUT2D eigenvalue weighted by atomic mass is 16.5. The molecule has 2 nitrogen and oxygen atoms in total. The van der Waals surface area contributed by atoms with Crippen LogP contribution in [0.3, 0.4) is 0 Å². The molecule has 0 radical (unpaired) electrons. The summed E-state index contributed by atoms with van der Waals surface area (Å²) >= 11 is 0. The van der Waals surface area contributed by atoms with Crippen LogP contribution in [-0.4, -0.2) is 12.9 Å². The summed E-state index contributed by atoms with van der Waals surface area (Å²) in [7, 11) is 1.65. The molecule has 2 aliphatic rings. The normalized spacial score (nSPS) is 34.4. The second-order valence-electron chi connectivity index (χ2n) is 5.09. The van der Waals surface area contributed by atoms with Gasteiger partial charge in [0.1, 0.15) is 11.5 Å². The molecule has 88 valence electrons. The van der Waals surface area contributed by atoms with Crippen molar-refractivity contribution in [2.45, 2.75) is 18.8 Å². The summed E-state index contributed by atoms with van der Waals surface area (Å²) in [5.74, 6) is 1.85. The van der Waals surface area contributed by atoms with Crippen LogP contribution >= 0.6 is 0 Å². The average Bonchev–Trinajstić information content (AvgIpc) is 2.84. The summed E-state index contributed by atoms with van der Waals surface area (Å²) in [6.07, 6.45) is 5.27. The number of rotatable bonds is 2. The van der Waals surface area contributed by atoms with Gasteiger partial charge in [0.05, 0.1) is 12.5 Å². The molecule has 0 N–H and O–H groups in total. The van der Waals surface area contributed by atoms with E-state index in [0.717, 1.165) is 17.7 Å². The zero-order chi connectivity index (χ0) is 12.0. The fourth-order valence-corrected chi connectivity index (χ4v) is 3.24. The largest absolute Gasteiger partial charge is 0.497 e. The van der Waals surface area contributed by atoms with E-state index in [2.05, 4.69) is 19.1 Å². The lowest BCUT2D eigenvalue weighted by molar-refractivity contribution is -0.141. The first kappa shape index (κ1) is 10.6. The molecule has 0 spiro atoms. The lowest BCUT2D eigenvalue weighted by Crippen LogP contribution is -2.56. The van der Waals surface area contributed by atoms with Gasteiger partial charge in [-0.2, -0.15) is 0 Å². The molecule has 0 heterocycles. The molecule has 1 aromatic rings. The smallest absolute Gasteiger partial charge is 0.147 e. The van der Waals surface area contributed by atoms with Crippen LogP contribution in [0.4, 0.5) is 0 Å². The lowest BCUT2D eigenvalue weighted by atomic mass is 9.52. The second-order valence-corrected chi connectivity index (χ2v) is 5.09. The number of ether oxygens (including phenoxy) is 1. The summed E-state index contributed by atoms with van der Waals surface area (Å²) in [5, 5.41) is 0. The molecule has 1 aromatic carbocycles. The van der Waals surface area contributed by atoms with Crippen molar-refractivity contribution in [2.75, 3.05) is 7.11 Å². The second kappa shape index (κ2) is 3.46. The van der Waals surface area contributed by atoms with Crippen molar-refractivity contribution in [2.24, 2.45) is 11.8 Å². The fourth-order valence-electron chi connectivity index (χ4n) is 3.24. The van der Waals surface area contributed by atoms with E-state index in [1.165, 1.54) is 0 Å². The molecule has 17 heavy (non-hydrogen) atoms. The standard InChI is InChI=1S/C15H16O2/c1-15(10-6-8-11(17-2)9-7-10)13-5-3-4-12(13)14(15)16/h3,5-9,12-13H,4H2,1-2H3/t12-,13+,15+/m0/s1. The van der Waals surface area contributed by atoms with Crippen molar-refractivity contribution < 1.29 is 9.53 Å². The summed E-state index contributed by atoms with van der Waals surface area (Å²) in [6, 6.07) is 7.89. The number of hydrogen-bond acceptors (Lipinski definition) is 2. The molecule has 3 rings (SSSR count). The van der Waals surface area contributed by atoms with E-state index in [1.807, 2.05) is 24.3 Å². The number of carbonyl (C=O) groups excluding carboxylic acids is 1. The maximum absolute atomic E-state index is 12.2. The highest BCUT2D eigenvalue weighted by molar-refractivity contribution is 6.00. The maximum atomic E-state index is 12.2. The molecule has 2 aliphatic carbocycles. The first-order valence-corrected chi connectivity index (χ1v) is 6.03. The van der Waals surface area contributed by atoms with Gasteiger partial charge in [-0.1, -0.05) is 24.3 Å². The summed E-state index contributed by atoms with van der Waals surface area (Å²) < 4.78 is 5.15. The van der Waals surface area contributed by atoms with Crippen LogP contribution in [0, 0.1) is 11.8 Å². The van der Waals surface area contributed by atoms with Gasteiger partial charge in [0.15, 0.2) is 0 Å². The van der Waals surface area contributed by atoms with Gasteiger partial charge in [-0.25, -0.2) is 0 Å². The molecule has 0 amide bonds. The molecule has 0 saturated heterocycles. The quantitative estimate of drug-likeness (QED) is 0.727. The van der Waals surface area contributed by atoms with E-state index in [0.29, 0.717) is 11.7 Å². The molecule has 0 aliphatic heterocycles. The Morgan fingerprint density at radius 3 is 2.65 bits per heavy atom. The molecule has 0 aromatic heterocycles. The van der Waals surface area contributed by atoms with Gasteiger partial charge < -0.3 is 4.74 Å². The number of carbonyl (C=O) groups is 1. The first-order valence-electron chi connectivity index (χ1n) is 6.03. The molecule has 3 atom stereocenters.